The molecular weight excluding hydrogens is 444 g/mol. The van der Waals surface area contributed by atoms with Gasteiger partial charge in [-0.1, -0.05) is 32.8 Å². The fourth-order valence-electron chi connectivity index (χ4n) is 4.54. The molecule has 0 aromatic carbocycles. The molecule has 0 aliphatic carbocycles. The molecule has 2 atom stereocenters. The van der Waals surface area contributed by atoms with Crippen molar-refractivity contribution in [3.8, 4) is 0 Å². The predicted octanol–water partition coefficient (Wildman–Crippen LogP) is 3.89. The highest BCUT2D eigenvalue weighted by Crippen LogP contribution is 2.20. The molecule has 8 heteroatoms. The lowest BCUT2D eigenvalue weighted by atomic mass is 9.99. The molecule has 1 aliphatic rings. The van der Waals surface area contributed by atoms with Gasteiger partial charge in [0, 0.05) is 38.9 Å². The van der Waals surface area contributed by atoms with Crippen molar-refractivity contribution in [3.63, 3.8) is 0 Å². The number of rotatable bonds is 17. The number of carboxylic acid groups (broad SMARTS) is 1. The van der Waals surface area contributed by atoms with Gasteiger partial charge in [0.15, 0.2) is 0 Å². The fraction of sp³-hybridized carbons (Fsp3) is 0.741. The molecule has 198 valence electrons. The molecule has 1 aromatic rings. The zero-order chi connectivity index (χ0) is 25.6. The van der Waals surface area contributed by atoms with Crippen LogP contribution in [0, 0.1) is 5.92 Å². The number of ether oxygens (including phenoxy) is 1. The van der Waals surface area contributed by atoms with Gasteiger partial charge in [-0.15, -0.1) is 0 Å². The number of carbonyl (C=O) groups excluding carboxylic acids is 1. The summed E-state index contributed by atoms with van der Waals surface area (Å²) in [5.74, 6) is 0.184. The SMILES string of the molecule is CCC(CC)CC(=O)NC(CCN(CCCCc1ccc2c(n1)NCCC2)CC(C)OC)C(=O)O. The van der Waals surface area contributed by atoms with Crippen LogP contribution in [0.1, 0.15) is 77.0 Å². The van der Waals surface area contributed by atoms with E-state index < -0.39 is 12.0 Å². The van der Waals surface area contributed by atoms with Crippen LogP contribution in [0.5, 0.6) is 0 Å². The molecule has 0 bridgehead atoms. The maximum atomic E-state index is 12.4. The van der Waals surface area contributed by atoms with Crippen LogP contribution in [0.25, 0.3) is 0 Å². The normalized spacial score (nSPS) is 14.9. The van der Waals surface area contributed by atoms with Gasteiger partial charge in [-0.3, -0.25) is 4.79 Å². The van der Waals surface area contributed by atoms with E-state index in [9.17, 15) is 14.7 Å². The van der Waals surface area contributed by atoms with E-state index in [1.807, 2.05) is 6.92 Å². The quantitative estimate of drug-likeness (QED) is 0.285. The molecule has 0 saturated carbocycles. The summed E-state index contributed by atoms with van der Waals surface area (Å²) < 4.78 is 5.45. The standard InChI is InChI=1S/C27H46N4O4/c1-5-21(6-2)18-25(32)30-24(27(33)34)14-17-31(19-20(3)35-4)16-8-7-11-23-13-12-22-10-9-15-28-26(22)29-23/h12-13,20-21,24H,5-11,14-19H2,1-4H3,(H,28,29)(H,30,32)(H,33,34). The van der Waals surface area contributed by atoms with Crippen molar-refractivity contribution in [1.29, 1.82) is 0 Å². The molecule has 8 nitrogen and oxygen atoms in total. The lowest BCUT2D eigenvalue weighted by Gasteiger charge is -2.27. The molecule has 3 N–H and O–H groups in total. The van der Waals surface area contributed by atoms with Crippen LogP contribution in [0.2, 0.25) is 0 Å². The fourth-order valence-corrected chi connectivity index (χ4v) is 4.54. The summed E-state index contributed by atoms with van der Waals surface area (Å²) in [6.07, 6.45) is 7.82. The predicted molar refractivity (Wildman–Crippen MR) is 140 cm³/mol. The van der Waals surface area contributed by atoms with Crippen molar-refractivity contribution in [2.75, 3.05) is 38.6 Å². The van der Waals surface area contributed by atoms with Crippen LogP contribution >= 0.6 is 0 Å². The number of pyridine rings is 1. The lowest BCUT2D eigenvalue weighted by molar-refractivity contribution is -0.142. The van der Waals surface area contributed by atoms with E-state index >= 15 is 0 Å². The van der Waals surface area contributed by atoms with E-state index in [-0.39, 0.29) is 12.0 Å². The molecule has 0 saturated heterocycles. The summed E-state index contributed by atoms with van der Waals surface area (Å²) in [7, 11) is 1.69. The summed E-state index contributed by atoms with van der Waals surface area (Å²) in [4.78, 5) is 31.2. The number of amides is 1. The van der Waals surface area contributed by atoms with E-state index in [1.54, 1.807) is 7.11 Å². The zero-order valence-electron chi connectivity index (χ0n) is 22.1. The van der Waals surface area contributed by atoms with E-state index in [0.717, 1.165) is 76.1 Å². The first-order chi connectivity index (χ1) is 16.9. The average Bonchev–Trinajstić information content (AvgIpc) is 2.86. The number of nitrogens with zero attached hydrogens (tertiary/aromatic N) is 2. The molecule has 0 fully saturated rings. The Hall–Kier alpha value is -2.19. The minimum atomic E-state index is -0.977. The number of aryl methyl sites for hydroxylation is 2. The summed E-state index contributed by atoms with van der Waals surface area (Å²) in [6, 6.07) is 3.46. The van der Waals surface area contributed by atoms with Crippen LogP contribution in [-0.4, -0.2) is 72.3 Å². The first-order valence-electron chi connectivity index (χ1n) is 13.4. The second kappa shape index (κ2) is 15.7. The van der Waals surface area contributed by atoms with Gasteiger partial charge in [0.1, 0.15) is 11.9 Å². The largest absolute Gasteiger partial charge is 0.480 e. The molecule has 1 aromatic heterocycles. The van der Waals surface area contributed by atoms with Gasteiger partial charge in [0.25, 0.3) is 0 Å². The first kappa shape index (κ1) is 29.0. The maximum absolute atomic E-state index is 12.4. The van der Waals surface area contributed by atoms with Crippen LogP contribution < -0.4 is 10.6 Å². The van der Waals surface area contributed by atoms with Gasteiger partial charge in [0.2, 0.25) is 5.91 Å². The van der Waals surface area contributed by atoms with Crippen molar-refractivity contribution in [1.82, 2.24) is 15.2 Å². The second-order valence-corrected chi connectivity index (χ2v) is 9.78. The minimum absolute atomic E-state index is 0.0520. The van der Waals surface area contributed by atoms with E-state index in [1.165, 1.54) is 5.56 Å². The molecule has 0 radical (unpaired) electrons. The van der Waals surface area contributed by atoms with Crippen LogP contribution in [0.4, 0.5) is 5.82 Å². The number of carboxylic acids is 1. The Bertz CT molecular complexity index is 784. The van der Waals surface area contributed by atoms with Crippen molar-refractivity contribution in [3.05, 3.63) is 23.4 Å². The average molecular weight is 491 g/mol. The monoisotopic (exact) mass is 490 g/mol. The van der Waals surface area contributed by atoms with E-state index in [4.69, 9.17) is 9.72 Å². The van der Waals surface area contributed by atoms with Gasteiger partial charge in [-0.2, -0.15) is 0 Å². The highest BCUT2D eigenvalue weighted by molar-refractivity contribution is 5.83. The Morgan fingerprint density at radius 1 is 1.23 bits per heavy atom. The second-order valence-electron chi connectivity index (χ2n) is 9.78. The number of carbonyl (C=O) groups is 2. The Balaban J connectivity index is 1.84. The highest BCUT2D eigenvalue weighted by atomic mass is 16.5. The Kier molecular flexibility index (Phi) is 13.1. The number of aromatic nitrogens is 1. The van der Waals surface area contributed by atoms with E-state index in [0.29, 0.717) is 25.3 Å². The van der Waals surface area contributed by atoms with Gasteiger partial charge in [0.05, 0.1) is 6.10 Å². The number of fused-ring (bicyclic) bond motifs is 1. The molecule has 2 heterocycles. The molecular formula is C27H46N4O4. The number of hydrogen-bond acceptors (Lipinski definition) is 6. The summed E-state index contributed by atoms with van der Waals surface area (Å²) >= 11 is 0. The van der Waals surface area contributed by atoms with Gasteiger partial charge < -0.3 is 25.4 Å². The van der Waals surface area contributed by atoms with Crippen molar-refractivity contribution < 1.29 is 19.4 Å². The number of nitrogens with one attached hydrogen (secondary N) is 2. The van der Waals surface area contributed by atoms with Crippen molar-refractivity contribution in [2.24, 2.45) is 5.92 Å². The van der Waals surface area contributed by atoms with Crippen molar-refractivity contribution >= 4 is 17.7 Å². The van der Waals surface area contributed by atoms with Gasteiger partial charge in [-0.25, -0.2) is 9.78 Å². The number of anilines is 1. The molecule has 2 rings (SSSR count). The third kappa shape index (κ3) is 10.5. The number of hydrogen-bond donors (Lipinski definition) is 3. The summed E-state index contributed by atoms with van der Waals surface area (Å²) in [6.45, 7) is 9.30. The molecule has 1 amide bonds. The molecule has 35 heavy (non-hydrogen) atoms. The molecule has 2 unspecified atom stereocenters. The summed E-state index contributed by atoms with van der Waals surface area (Å²) in [5.41, 5.74) is 2.42. The molecule has 1 aliphatic heterocycles. The van der Waals surface area contributed by atoms with Crippen molar-refractivity contribution in [2.45, 2.75) is 90.7 Å². The smallest absolute Gasteiger partial charge is 0.326 e. The van der Waals surface area contributed by atoms with Gasteiger partial charge >= 0.3 is 5.97 Å². The Morgan fingerprint density at radius 2 is 2.00 bits per heavy atom. The third-order valence-corrected chi connectivity index (χ3v) is 7.02. The topological polar surface area (TPSA) is 104 Å². The Labute approximate surface area is 211 Å². The number of methoxy groups -OCH3 is 1. The zero-order valence-corrected chi connectivity index (χ0v) is 22.1. The molecule has 0 spiro atoms. The van der Waals surface area contributed by atoms with Crippen LogP contribution in [-0.2, 0) is 27.2 Å². The lowest BCUT2D eigenvalue weighted by Crippen LogP contribution is -2.44. The maximum Gasteiger partial charge on any atom is 0.326 e. The van der Waals surface area contributed by atoms with E-state index in [2.05, 4.69) is 41.5 Å². The number of aliphatic carboxylic acids is 1. The minimum Gasteiger partial charge on any atom is -0.480 e. The van der Waals surface area contributed by atoms with Crippen LogP contribution in [0.3, 0.4) is 0 Å². The van der Waals surface area contributed by atoms with Crippen LogP contribution in [0.15, 0.2) is 12.1 Å². The first-order valence-corrected chi connectivity index (χ1v) is 13.4. The third-order valence-electron chi connectivity index (χ3n) is 7.02. The summed E-state index contributed by atoms with van der Waals surface area (Å²) in [5, 5.41) is 15.8. The van der Waals surface area contributed by atoms with Gasteiger partial charge in [-0.05, 0) is 69.5 Å². The Morgan fingerprint density at radius 3 is 2.69 bits per heavy atom. The highest BCUT2D eigenvalue weighted by Gasteiger charge is 2.22. The number of unbranched alkanes of at least 4 members (excludes halogenated alkanes) is 1.